The molecule has 6 heteroatoms. The molecule has 0 bridgehead atoms. The third-order valence-corrected chi connectivity index (χ3v) is 5.12. The summed E-state index contributed by atoms with van der Waals surface area (Å²) in [7, 11) is 0. The molecule has 2 fully saturated rings. The van der Waals surface area contributed by atoms with Gasteiger partial charge in [0.05, 0.1) is 6.04 Å². The topological polar surface area (TPSA) is 59.1 Å². The fourth-order valence-electron chi connectivity index (χ4n) is 3.98. The van der Waals surface area contributed by atoms with E-state index in [2.05, 4.69) is 0 Å². The van der Waals surface area contributed by atoms with Crippen LogP contribution in [-0.2, 0) is 9.47 Å². The number of carbonyl (C=O) groups excluding carboxylic acids is 2. The Balaban J connectivity index is 1.72. The van der Waals surface area contributed by atoms with E-state index < -0.39 is 11.2 Å². The Morgan fingerprint density at radius 3 is 2.30 bits per heavy atom. The first-order valence-corrected chi connectivity index (χ1v) is 9.63. The second-order valence-corrected chi connectivity index (χ2v) is 8.89. The molecule has 0 unspecified atom stereocenters. The lowest BCUT2D eigenvalue weighted by Crippen LogP contribution is -2.49. The summed E-state index contributed by atoms with van der Waals surface area (Å²) in [4.78, 5) is 28.6. The van der Waals surface area contributed by atoms with Crippen molar-refractivity contribution in [1.82, 2.24) is 9.80 Å². The fraction of sp³-hybridized carbons (Fsp3) is 0.619. The summed E-state index contributed by atoms with van der Waals surface area (Å²) < 4.78 is 11.2. The predicted molar refractivity (Wildman–Crippen MR) is 102 cm³/mol. The Morgan fingerprint density at radius 2 is 1.74 bits per heavy atom. The van der Waals surface area contributed by atoms with Gasteiger partial charge in [0.25, 0.3) is 0 Å². The number of piperidine rings is 1. The van der Waals surface area contributed by atoms with Gasteiger partial charge in [0, 0.05) is 19.1 Å². The van der Waals surface area contributed by atoms with E-state index in [4.69, 9.17) is 9.47 Å². The lowest BCUT2D eigenvalue weighted by atomic mass is 9.89. The molecule has 148 valence electrons. The van der Waals surface area contributed by atoms with E-state index in [0.29, 0.717) is 25.9 Å². The number of ether oxygens (including phenoxy) is 2. The van der Waals surface area contributed by atoms with E-state index in [0.717, 1.165) is 5.56 Å². The number of hydrogen-bond acceptors (Lipinski definition) is 4. The molecule has 6 nitrogen and oxygen atoms in total. The molecule has 0 aliphatic carbocycles. The second kappa shape index (κ2) is 7.06. The van der Waals surface area contributed by atoms with Gasteiger partial charge in [-0.25, -0.2) is 9.59 Å². The van der Waals surface area contributed by atoms with Crippen molar-refractivity contribution in [1.29, 1.82) is 0 Å². The van der Waals surface area contributed by atoms with Crippen LogP contribution < -0.4 is 0 Å². The summed E-state index contributed by atoms with van der Waals surface area (Å²) >= 11 is 0. The van der Waals surface area contributed by atoms with Crippen molar-refractivity contribution < 1.29 is 19.1 Å². The first-order chi connectivity index (χ1) is 12.6. The molecule has 1 aromatic carbocycles. The maximum Gasteiger partial charge on any atom is 0.411 e. The summed E-state index contributed by atoms with van der Waals surface area (Å²) in [5.74, 6) is 0. The van der Waals surface area contributed by atoms with Crippen LogP contribution in [0.2, 0.25) is 0 Å². The summed E-state index contributed by atoms with van der Waals surface area (Å²) in [6.45, 7) is 10.7. The molecule has 0 N–H and O–H groups in total. The minimum absolute atomic E-state index is 0.0446. The van der Waals surface area contributed by atoms with Gasteiger partial charge in [-0.05, 0) is 53.0 Å². The maximum absolute atomic E-state index is 12.7. The molecule has 0 radical (unpaired) electrons. The number of amides is 2. The first-order valence-electron chi connectivity index (χ1n) is 9.63. The van der Waals surface area contributed by atoms with E-state index in [1.807, 2.05) is 69.9 Å². The highest BCUT2D eigenvalue weighted by atomic mass is 16.6. The fourth-order valence-corrected chi connectivity index (χ4v) is 3.98. The zero-order valence-electron chi connectivity index (χ0n) is 16.9. The van der Waals surface area contributed by atoms with Crippen LogP contribution in [-0.4, -0.2) is 52.3 Å². The summed E-state index contributed by atoms with van der Waals surface area (Å²) in [6.07, 6.45) is 0.871. The van der Waals surface area contributed by atoms with E-state index in [1.165, 1.54) is 0 Å². The monoisotopic (exact) mass is 374 g/mol. The van der Waals surface area contributed by atoms with Gasteiger partial charge in [0.2, 0.25) is 0 Å². The molecule has 2 aliphatic heterocycles. The average molecular weight is 374 g/mol. The highest BCUT2D eigenvalue weighted by Crippen LogP contribution is 2.43. The van der Waals surface area contributed by atoms with Crippen LogP contribution in [0.25, 0.3) is 0 Å². The van der Waals surface area contributed by atoms with E-state index in [-0.39, 0.29) is 24.3 Å². The smallest absolute Gasteiger partial charge is 0.411 e. The molecule has 2 aliphatic rings. The minimum Gasteiger partial charge on any atom is -0.444 e. The molecule has 2 heterocycles. The predicted octanol–water partition coefficient (Wildman–Crippen LogP) is 4.36. The molecule has 2 saturated heterocycles. The van der Waals surface area contributed by atoms with Gasteiger partial charge in [0.1, 0.15) is 11.2 Å². The summed E-state index contributed by atoms with van der Waals surface area (Å²) in [5, 5.41) is 0. The number of benzene rings is 1. The Bertz CT molecular complexity index is 688. The number of nitrogens with zero attached hydrogens (tertiary/aromatic N) is 2. The van der Waals surface area contributed by atoms with Crippen molar-refractivity contribution in [2.75, 3.05) is 13.1 Å². The Morgan fingerprint density at radius 1 is 1.15 bits per heavy atom. The van der Waals surface area contributed by atoms with Crippen molar-refractivity contribution in [3.05, 3.63) is 35.9 Å². The van der Waals surface area contributed by atoms with Gasteiger partial charge in [-0.2, -0.15) is 0 Å². The van der Waals surface area contributed by atoms with Gasteiger partial charge >= 0.3 is 12.2 Å². The maximum atomic E-state index is 12.7. The number of hydrogen-bond donors (Lipinski definition) is 0. The number of carbonyl (C=O) groups is 2. The van der Waals surface area contributed by atoms with Gasteiger partial charge in [-0.15, -0.1) is 0 Å². The van der Waals surface area contributed by atoms with Crippen LogP contribution in [0.3, 0.4) is 0 Å². The highest BCUT2D eigenvalue weighted by Gasteiger charge is 2.51. The quantitative estimate of drug-likeness (QED) is 0.772. The van der Waals surface area contributed by atoms with Crippen LogP contribution in [0.5, 0.6) is 0 Å². The molecule has 27 heavy (non-hydrogen) atoms. The zero-order chi connectivity index (χ0) is 19.8. The second-order valence-electron chi connectivity index (χ2n) is 8.89. The molecule has 3 rings (SSSR count). The van der Waals surface area contributed by atoms with Crippen LogP contribution in [0.4, 0.5) is 9.59 Å². The number of cyclic esters (lactones) is 1. The standard InChI is InChI=1S/C21H30N2O4/c1-20(2,3)26-18(24)22-13-11-16(12-14-22)23-17(15-9-7-6-8-10-15)21(4,5)27-19(23)25/h6-10,16-17H,11-14H2,1-5H3/t17-/m0/s1. The lowest BCUT2D eigenvalue weighted by molar-refractivity contribution is 0.0147. The lowest BCUT2D eigenvalue weighted by Gasteiger charge is -2.39. The van der Waals surface area contributed by atoms with Crippen molar-refractivity contribution in [3.8, 4) is 0 Å². The molecule has 0 spiro atoms. The Kier molecular flexibility index (Phi) is 5.10. The zero-order valence-corrected chi connectivity index (χ0v) is 16.9. The van der Waals surface area contributed by atoms with Crippen molar-refractivity contribution in [2.24, 2.45) is 0 Å². The molecule has 0 saturated carbocycles. The molecule has 2 amide bonds. The van der Waals surface area contributed by atoms with E-state index in [1.54, 1.807) is 4.90 Å². The largest absolute Gasteiger partial charge is 0.444 e. The Labute approximate surface area is 161 Å². The molecule has 1 aromatic rings. The molecular weight excluding hydrogens is 344 g/mol. The first kappa shape index (κ1) is 19.5. The normalized spacial score (nSPS) is 23.3. The summed E-state index contributed by atoms with van der Waals surface area (Å²) in [6, 6.07) is 9.92. The molecular formula is C21H30N2O4. The van der Waals surface area contributed by atoms with Crippen LogP contribution in [0.1, 0.15) is 59.1 Å². The van der Waals surface area contributed by atoms with Gasteiger partial charge in [0.15, 0.2) is 0 Å². The highest BCUT2D eigenvalue weighted by molar-refractivity contribution is 5.73. The van der Waals surface area contributed by atoms with E-state index >= 15 is 0 Å². The van der Waals surface area contributed by atoms with Crippen molar-refractivity contribution in [3.63, 3.8) is 0 Å². The van der Waals surface area contributed by atoms with Gasteiger partial charge in [-0.3, -0.25) is 4.90 Å². The number of rotatable bonds is 2. The molecule has 0 aromatic heterocycles. The van der Waals surface area contributed by atoms with Crippen molar-refractivity contribution in [2.45, 2.75) is 70.7 Å². The average Bonchev–Trinajstić information content (AvgIpc) is 2.82. The van der Waals surface area contributed by atoms with Crippen LogP contribution in [0.15, 0.2) is 30.3 Å². The third-order valence-electron chi connectivity index (χ3n) is 5.12. The third kappa shape index (κ3) is 4.20. The van der Waals surface area contributed by atoms with Gasteiger partial charge in [-0.1, -0.05) is 30.3 Å². The minimum atomic E-state index is -0.596. The van der Waals surface area contributed by atoms with Crippen LogP contribution >= 0.6 is 0 Å². The van der Waals surface area contributed by atoms with Crippen molar-refractivity contribution >= 4 is 12.2 Å². The summed E-state index contributed by atoms with van der Waals surface area (Å²) in [5.41, 5.74) is -0.0292. The van der Waals surface area contributed by atoms with Crippen LogP contribution in [0, 0.1) is 0 Å². The van der Waals surface area contributed by atoms with Gasteiger partial charge < -0.3 is 14.4 Å². The Hall–Kier alpha value is -2.24. The molecule has 1 atom stereocenters. The van der Waals surface area contributed by atoms with E-state index in [9.17, 15) is 9.59 Å². The SMILES string of the molecule is CC(C)(C)OC(=O)N1CCC(N2C(=O)OC(C)(C)[C@@H]2c2ccccc2)CC1. The number of likely N-dealkylation sites (tertiary alicyclic amines) is 1.